The normalized spacial score (nSPS) is 10.2. The van der Waals surface area contributed by atoms with Crippen LogP contribution in [0.25, 0.3) is 11.1 Å². The minimum absolute atomic E-state index is 0.135. The zero-order chi connectivity index (χ0) is 9.26. The summed E-state index contributed by atoms with van der Waals surface area (Å²) in [6.45, 7) is 0. The van der Waals surface area contributed by atoms with Gasteiger partial charge in [0, 0.05) is 0 Å². The molecular formula is C8H6N2O3. The molecule has 0 saturated heterocycles. The van der Waals surface area contributed by atoms with Crippen molar-refractivity contribution in [1.29, 1.82) is 0 Å². The summed E-state index contributed by atoms with van der Waals surface area (Å²) in [5.41, 5.74) is 1.13. The Morgan fingerprint density at radius 1 is 1.46 bits per heavy atom. The average molecular weight is 178 g/mol. The molecule has 1 aromatic heterocycles. The molecule has 0 unspecified atom stereocenters. The topological polar surface area (TPSA) is 78.4 Å². The molecule has 0 bridgehead atoms. The predicted molar refractivity (Wildman–Crippen MR) is 43.6 cm³/mol. The number of rotatable bonds is 1. The van der Waals surface area contributed by atoms with E-state index in [0.717, 1.165) is 0 Å². The van der Waals surface area contributed by atoms with E-state index in [4.69, 9.17) is 4.42 Å². The second kappa shape index (κ2) is 2.87. The summed E-state index contributed by atoms with van der Waals surface area (Å²) in [6, 6.07) is 7.01. The standard InChI is InChI=1S/C8H6N2O3/c9-13-8(11)7-10-5-3-1-2-4-6(5)12-7/h1-4H,9H2. The fraction of sp³-hybridized carbons (Fsp3) is 0. The van der Waals surface area contributed by atoms with Crippen LogP contribution >= 0.6 is 0 Å². The van der Waals surface area contributed by atoms with Crippen LogP contribution in [-0.2, 0) is 4.84 Å². The number of carbonyl (C=O) groups is 1. The van der Waals surface area contributed by atoms with Crippen molar-refractivity contribution >= 4 is 17.1 Å². The van der Waals surface area contributed by atoms with Crippen LogP contribution in [0.2, 0.25) is 0 Å². The summed E-state index contributed by atoms with van der Waals surface area (Å²) in [5.74, 6) is 3.76. The van der Waals surface area contributed by atoms with Crippen molar-refractivity contribution in [2.75, 3.05) is 0 Å². The maximum absolute atomic E-state index is 10.9. The smallest absolute Gasteiger partial charge is 0.413 e. The van der Waals surface area contributed by atoms with Crippen LogP contribution < -0.4 is 5.90 Å². The Morgan fingerprint density at radius 3 is 2.92 bits per heavy atom. The number of nitrogens with two attached hydrogens (primary N) is 1. The van der Waals surface area contributed by atoms with E-state index in [0.29, 0.717) is 11.1 Å². The molecule has 1 aromatic carbocycles. The monoisotopic (exact) mass is 178 g/mol. The van der Waals surface area contributed by atoms with Crippen LogP contribution in [0.4, 0.5) is 0 Å². The van der Waals surface area contributed by atoms with Gasteiger partial charge in [-0.05, 0) is 12.1 Å². The summed E-state index contributed by atoms with van der Waals surface area (Å²) in [5, 5.41) is 0. The van der Waals surface area contributed by atoms with Crippen molar-refractivity contribution in [3.63, 3.8) is 0 Å². The molecule has 0 radical (unpaired) electrons. The number of para-hydroxylation sites is 2. The maximum Gasteiger partial charge on any atom is 0.413 e. The molecule has 1 heterocycles. The van der Waals surface area contributed by atoms with E-state index in [-0.39, 0.29) is 5.89 Å². The fourth-order valence-corrected chi connectivity index (χ4v) is 1.01. The molecule has 0 spiro atoms. The van der Waals surface area contributed by atoms with Crippen LogP contribution in [0.1, 0.15) is 10.7 Å². The SMILES string of the molecule is NOC(=O)c1nc2ccccc2o1. The summed E-state index contributed by atoms with van der Waals surface area (Å²) in [4.78, 5) is 18.7. The number of fused-ring (bicyclic) bond motifs is 1. The molecule has 2 aromatic rings. The second-order valence-corrected chi connectivity index (χ2v) is 2.39. The zero-order valence-corrected chi connectivity index (χ0v) is 6.56. The summed E-state index contributed by atoms with van der Waals surface area (Å²) in [6.07, 6.45) is 0. The quantitative estimate of drug-likeness (QED) is 0.655. The zero-order valence-electron chi connectivity index (χ0n) is 6.56. The minimum Gasteiger partial charge on any atom is -0.431 e. The van der Waals surface area contributed by atoms with Crippen molar-refractivity contribution in [2.24, 2.45) is 5.90 Å². The highest BCUT2D eigenvalue weighted by Crippen LogP contribution is 2.14. The number of nitrogens with zero attached hydrogens (tertiary/aromatic N) is 1. The molecule has 0 saturated carbocycles. The Balaban J connectivity index is 2.56. The molecule has 13 heavy (non-hydrogen) atoms. The van der Waals surface area contributed by atoms with Gasteiger partial charge in [-0.25, -0.2) is 9.78 Å². The van der Waals surface area contributed by atoms with E-state index in [9.17, 15) is 4.79 Å². The van der Waals surface area contributed by atoms with Crippen molar-refractivity contribution < 1.29 is 14.0 Å². The van der Waals surface area contributed by atoms with Gasteiger partial charge in [-0.2, -0.15) is 5.90 Å². The first kappa shape index (κ1) is 7.75. The number of hydrogen-bond donors (Lipinski definition) is 1. The van der Waals surface area contributed by atoms with Crippen molar-refractivity contribution in [3.8, 4) is 0 Å². The number of hydrogen-bond acceptors (Lipinski definition) is 5. The number of carbonyl (C=O) groups excluding carboxylic acids is 1. The maximum atomic E-state index is 10.9. The average Bonchev–Trinajstić information content (AvgIpc) is 2.59. The second-order valence-electron chi connectivity index (χ2n) is 2.39. The third-order valence-electron chi connectivity index (χ3n) is 1.58. The number of benzene rings is 1. The lowest BCUT2D eigenvalue weighted by Gasteiger charge is -1.87. The van der Waals surface area contributed by atoms with Crippen LogP contribution in [0.3, 0.4) is 0 Å². The van der Waals surface area contributed by atoms with E-state index in [1.165, 1.54) is 0 Å². The summed E-state index contributed by atoms with van der Waals surface area (Å²) in [7, 11) is 0. The molecule has 2 N–H and O–H groups in total. The summed E-state index contributed by atoms with van der Waals surface area (Å²) < 4.78 is 5.06. The number of aromatic nitrogens is 1. The highest BCUT2D eigenvalue weighted by atomic mass is 16.7. The van der Waals surface area contributed by atoms with Gasteiger partial charge in [0.15, 0.2) is 5.58 Å². The molecule has 0 aliphatic carbocycles. The fourth-order valence-electron chi connectivity index (χ4n) is 1.01. The van der Waals surface area contributed by atoms with Crippen molar-refractivity contribution in [2.45, 2.75) is 0 Å². The highest BCUT2D eigenvalue weighted by Gasteiger charge is 2.14. The largest absolute Gasteiger partial charge is 0.431 e. The molecule has 0 amide bonds. The lowest BCUT2D eigenvalue weighted by atomic mass is 10.3. The predicted octanol–water partition coefficient (Wildman–Crippen LogP) is 0.858. The molecule has 0 atom stereocenters. The molecule has 5 nitrogen and oxygen atoms in total. The molecule has 0 fully saturated rings. The Morgan fingerprint density at radius 2 is 2.23 bits per heavy atom. The first-order valence-corrected chi connectivity index (χ1v) is 3.58. The molecule has 5 heteroatoms. The molecule has 0 aliphatic heterocycles. The van der Waals surface area contributed by atoms with Gasteiger partial charge in [0.1, 0.15) is 5.52 Å². The third-order valence-corrected chi connectivity index (χ3v) is 1.58. The first-order valence-electron chi connectivity index (χ1n) is 3.58. The van der Waals surface area contributed by atoms with Crippen LogP contribution in [0.5, 0.6) is 0 Å². The Labute approximate surface area is 73.1 Å². The van der Waals surface area contributed by atoms with E-state index in [1.54, 1.807) is 24.3 Å². The van der Waals surface area contributed by atoms with Gasteiger partial charge in [-0.1, -0.05) is 12.1 Å². The van der Waals surface area contributed by atoms with Gasteiger partial charge in [0.05, 0.1) is 0 Å². The van der Waals surface area contributed by atoms with Crippen LogP contribution in [0.15, 0.2) is 28.7 Å². The molecule has 0 aliphatic rings. The highest BCUT2D eigenvalue weighted by molar-refractivity contribution is 5.87. The Bertz CT molecular complexity index is 416. The lowest BCUT2D eigenvalue weighted by molar-refractivity contribution is 0.0460. The van der Waals surface area contributed by atoms with Gasteiger partial charge < -0.3 is 9.25 Å². The molecular weight excluding hydrogens is 172 g/mol. The van der Waals surface area contributed by atoms with Crippen LogP contribution in [-0.4, -0.2) is 11.0 Å². The van der Waals surface area contributed by atoms with E-state index < -0.39 is 5.97 Å². The van der Waals surface area contributed by atoms with Gasteiger partial charge in [0.25, 0.3) is 0 Å². The van der Waals surface area contributed by atoms with Gasteiger partial charge in [0.2, 0.25) is 0 Å². The lowest BCUT2D eigenvalue weighted by Crippen LogP contribution is -2.10. The van der Waals surface area contributed by atoms with E-state index in [2.05, 4.69) is 15.7 Å². The first-order chi connectivity index (χ1) is 6.31. The Hall–Kier alpha value is -1.88. The van der Waals surface area contributed by atoms with Crippen LogP contribution in [0, 0.1) is 0 Å². The van der Waals surface area contributed by atoms with Crippen molar-refractivity contribution in [1.82, 2.24) is 4.98 Å². The molecule has 2 rings (SSSR count). The van der Waals surface area contributed by atoms with Gasteiger partial charge >= 0.3 is 11.9 Å². The van der Waals surface area contributed by atoms with Crippen molar-refractivity contribution in [3.05, 3.63) is 30.2 Å². The van der Waals surface area contributed by atoms with Gasteiger partial charge in [-0.3, -0.25) is 0 Å². The minimum atomic E-state index is -0.781. The number of oxazole rings is 1. The van der Waals surface area contributed by atoms with E-state index >= 15 is 0 Å². The Kier molecular flexibility index (Phi) is 1.71. The summed E-state index contributed by atoms with van der Waals surface area (Å²) >= 11 is 0. The van der Waals surface area contributed by atoms with Gasteiger partial charge in [-0.15, -0.1) is 0 Å². The third kappa shape index (κ3) is 1.25. The van der Waals surface area contributed by atoms with E-state index in [1.807, 2.05) is 0 Å². The molecule has 66 valence electrons.